The van der Waals surface area contributed by atoms with Gasteiger partial charge in [-0.2, -0.15) is 5.10 Å². The van der Waals surface area contributed by atoms with Gasteiger partial charge in [-0.05, 0) is 37.3 Å². The van der Waals surface area contributed by atoms with Crippen LogP contribution in [0.3, 0.4) is 0 Å². The Morgan fingerprint density at radius 1 is 1.13 bits per heavy atom. The fraction of sp³-hybridized carbons (Fsp3) is 0.0952. The molecule has 1 heterocycles. The highest BCUT2D eigenvalue weighted by molar-refractivity contribution is 5.97. The van der Waals surface area contributed by atoms with Gasteiger partial charge >= 0.3 is 0 Å². The average molecular weight is 406 g/mol. The van der Waals surface area contributed by atoms with Gasteiger partial charge in [0.05, 0.1) is 11.1 Å². The summed E-state index contributed by atoms with van der Waals surface area (Å²) >= 11 is 0. The minimum Gasteiger partial charge on any atom is -0.455 e. The summed E-state index contributed by atoms with van der Waals surface area (Å²) in [5.74, 6) is 0.104. The molecule has 3 rings (SSSR count). The van der Waals surface area contributed by atoms with E-state index in [0.29, 0.717) is 33.9 Å². The molecule has 0 spiro atoms. The molecule has 30 heavy (non-hydrogen) atoms. The van der Waals surface area contributed by atoms with Crippen LogP contribution < -0.4 is 10.7 Å². The lowest BCUT2D eigenvalue weighted by molar-refractivity contribution is -0.385. The van der Waals surface area contributed by atoms with Crippen LogP contribution in [0.5, 0.6) is 0 Å². The Morgan fingerprint density at radius 3 is 2.67 bits per heavy atom. The monoisotopic (exact) mass is 406 g/mol. The molecular formula is C21H18N4O5. The number of aryl methyl sites for hydroxylation is 1. The van der Waals surface area contributed by atoms with Crippen molar-refractivity contribution in [3.63, 3.8) is 0 Å². The van der Waals surface area contributed by atoms with Crippen LogP contribution in [0.4, 0.5) is 11.4 Å². The predicted octanol–water partition coefficient (Wildman–Crippen LogP) is 3.89. The highest BCUT2D eigenvalue weighted by Crippen LogP contribution is 2.27. The van der Waals surface area contributed by atoms with Crippen LogP contribution in [0.1, 0.15) is 28.6 Å². The van der Waals surface area contributed by atoms with E-state index in [2.05, 4.69) is 15.8 Å². The molecule has 0 fully saturated rings. The third-order valence-corrected chi connectivity index (χ3v) is 4.12. The minimum absolute atomic E-state index is 0.00729. The molecule has 9 nitrogen and oxygen atoms in total. The van der Waals surface area contributed by atoms with E-state index in [-0.39, 0.29) is 11.6 Å². The maximum atomic E-state index is 12.2. The van der Waals surface area contributed by atoms with Crippen LogP contribution >= 0.6 is 0 Å². The summed E-state index contributed by atoms with van der Waals surface area (Å²) in [6.07, 6.45) is 1.32. The Labute approximate surface area is 171 Å². The molecule has 3 aromatic rings. The quantitative estimate of drug-likeness (QED) is 0.365. The normalized spacial score (nSPS) is 10.7. The SMILES string of the molecule is CC(=O)Nc1cccc(C(=O)N/N=C\c2ccc(-c3ccc(C)c([N+](=O)[O-])c3)o2)c1. The summed E-state index contributed by atoms with van der Waals surface area (Å²) in [6.45, 7) is 3.04. The first-order valence-electron chi connectivity index (χ1n) is 8.90. The second kappa shape index (κ2) is 8.82. The Kier molecular flexibility index (Phi) is 6.02. The molecule has 2 amide bonds. The molecule has 0 saturated heterocycles. The van der Waals surface area contributed by atoms with Gasteiger partial charge in [0, 0.05) is 35.4 Å². The topological polar surface area (TPSA) is 127 Å². The van der Waals surface area contributed by atoms with Crippen molar-refractivity contribution < 1.29 is 18.9 Å². The van der Waals surface area contributed by atoms with E-state index in [9.17, 15) is 19.7 Å². The van der Waals surface area contributed by atoms with Crippen LogP contribution in [0, 0.1) is 17.0 Å². The highest BCUT2D eigenvalue weighted by atomic mass is 16.6. The molecule has 0 unspecified atom stereocenters. The van der Waals surface area contributed by atoms with E-state index in [1.165, 1.54) is 25.3 Å². The number of amides is 2. The molecule has 0 atom stereocenters. The number of hydrogen-bond donors (Lipinski definition) is 2. The molecule has 1 aromatic heterocycles. The summed E-state index contributed by atoms with van der Waals surface area (Å²) < 4.78 is 5.62. The lowest BCUT2D eigenvalue weighted by atomic mass is 10.1. The molecule has 152 valence electrons. The lowest BCUT2D eigenvalue weighted by Crippen LogP contribution is -2.18. The minimum atomic E-state index is -0.459. The maximum absolute atomic E-state index is 12.2. The molecule has 0 saturated carbocycles. The number of nitro benzene ring substituents is 1. The van der Waals surface area contributed by atoms with Crippen molar-refractivity contribution in [1.29, 1.82) is 0 Å². The van der Waals surface area contributed by atoms with Crippen molar-refractivity contribution >= 4 is 29.4 Å². The molecular weight excluding hydrogens is 388 g/mol. The van der Waals surface area contributed by atoms with Gasteiger partial charge in [0.1, 0.15) is 11.5 Å². The van der Waals surface area contributed by atoms with Crippen molar-refractivity contribution in [2.45, 2.75) is 13.8 Å². The fourth-order valence-corrected chi connectivity index (χ4v) is 2.70. The van der Waals surface area contributed by atoms with E-state index in [4.69, 9.17) is 4.42 Å². The first-order chi connectivity index (χ1) is 14.3. The molecule has 2 aromatic carbocycles. The van der Waals surface area contributed by atoms with Gasteiger partial charge in [-0.1, -0.05) is 18.2 Å². The van der Waals surface area contributed by atoms with E-state index in [1.54, 1.807) is 49.4 Å². The van der Waals surface area contributed by atoms with E-state index in [0.717, 1.165) is 0 Å². The second-order valence-corrected chi connectivity index (χ2v) is 6.42. The van der Waals surface area contributed by atoms with E-state index in [1.807, 2.05) is 0 Å². The standard InChI is InChI=1S/C21H18N4O5/c1-13-6-7-15(11-19(13)25(28)29)20-9-8-18(30-20)12-22-24-21(27)16-4-3-5-17(10-16)23-14(2)26/h3-12H,1-2H3,(H,23,26)(H,24,27)/b22-12-. The zero-order chi connectivity index (χ0) is 21.7. The van der Waals surface area contributed by atoms with E-state index < -0.39 is 10.8 Å². The van der Waals surface area contributed by atoms with Gasteiger partial charge in [-0.3, -0.25) is 19.7 Å². The fourth-order valence-electron chi connectivity index (χ4n) is 2.70. The average Bonchev–Trinajstić information content (AvgIpc) is 3.16. The first-order valence-corrected chi connectivity index (χ1v) is 8.90. The zero-order valence-corrected chi connectivity index (χ0v) is 16.2. The number of carbonyl (C=O) groups excluding carboxylic acids is 2. The lowest BCUT2D eigenvalue weighted by Gasteiger charge is -2.04. The number of furan rings is 1. The van der Waals surface area contributed by atoms with Gasteiger partial charge in [0.2, 0.25) is 5.91 Å². The van der Waals surface area contributed by atoms with Gasteiger partial charge in [0.25, 0.3) is 11.6 Å². The van der Waals surface area contributed by atoms with Crippen molar-refractivity contribution in [2.24, 2.45) is 5.10 Å². The van der Waals surface area contributed by atoms with Crippen LogP contribution in [0.15, 0.2) is 64.1 Å². The number of anilines is 1. The molecule has 0 aliphatic heterocycles. The number of hydrazone groups is 1. The highest BCUT2D eigenvalue weighted by Gasteiger charge is 2.13. The van der Waals surface area contributed by atoms with Gasteiger partial charge < -0.3 is 9.73 Å². The van der Waals surface area contributed by atoms with Crippen molar-refractivity contribution in [3.05, 3.63) is 81.6 Å². The summed E-state index contributed by atoms with van der Waals surface area (Å²) in [7, 11) is 0. The van der Waals surface area contributed by atoms with Crippen molar-refractivity contribution in [3.8, 4) is 11.3 Å². The van der Waals surface area contributed by atoms with E-state index >= 15 is 0 Å². The summed E-state index contributed by atoms with van der Waals surface area (Å²) in [6, 6.07) is 14.5. The molecule has 2 N–H and O–H groups in total. The van der Waals surface area contributed by atoms with Gasteiger partial charge in [-0.25, -0.2) is 5.43 Å². The van der Waals surface area contributed by atoms with Crippen LogP contribution in [0.2, 0.25) is 0 Å². The number of carbonyl (C=O) groups is 2. The molecule has 0 aliphatic carbocycles. The number of hydrogen-bond acceptors (Lipinski definition) is 6. The van der Waals surface area contributed by atoms with Gasteiger partial charge in [0.15, 0.2) is 0 Å². The number of nitrogens with zero attached hydrogens (tertiary/aromatic N) is 2. The Bertz CT molecular complexity index is 1150. The summed E-state index contributed by atoms with van der Waals surface area (Å²) in [5.41, 5.74) is 4.33. The number of nitrogens with one attached hydrogen (secondary N) is 2. The Balaban J connectivity index is 1.68. The Morgan fingerprint density at radius 2 is 1.93 bits per heavy atom. The van der Waals surface area contributed by atoms with Crippen LogP contribution in [-0.2, 0) is 4.79 Å². The molecule has 0 radical (unpaired) electrons. The van der Waals surface area contributed by atoms with Crippen molar-refractivity contribution in [1.82, 2.24) is 5.43 Å². The summed E-state index contributed by atoms with van der Waals surface area (Å²) in [4.78, 5) is 34.0. The molecule has 9 heteroatoms. The van der Waals surface area contributed by atoms with Crippen LogP contribution in [0.25, 0.3) is 11.3 Å². The zero-order valence-electron chi connectivity index (χ0n) is 16.2. The molecule has 0 aliphatic rings. The second-order valence-electron chi connectivity index (χ2n) is 6.42. The number of rotatable bonds is 6. The smallest absolute Gasteiger partial charge is 0.273 e. The first kappa shape index (κ1) is 20.5. The Hall–Kier alpha value is -4.27. The largest absolute Gasteiger partial charge is 0.455 e. The summed E-state index contributed by atoms with van der Waals surface area (Å²) in [5, 5.41) is 17.6. The van der Waals surface area contributed by atoms with Gasteiger partial charge in [-0.15, -0.1) is 0 Å². The third kappa shape index (κ3) is 4.96. The van der Waals surface area contributed by atoms with Crippen molar-refractivity contribution in [2.75, 3.05) is 5.32 Å². The number of benzene rings is 2. The third-order valence-electron chi connectivity index (χ3n) is 4.12. The molecule has 0 bridgehead atoms. The maximum Gasteiger partial charge on any atom is 0.273 e. The predicted molar refractivity (Wildman–Crippen MR) is 111 cm³/mol. The van der Waals surface area contributed by atoms with Crippen LogP contribution in [-0.4, -0.2) is 23.0 Å². The number of nitro groups is 1.